The van der Waals surface area contributed by atoms with E-state index >= 15 is 0 Å². The number of carbonyl (C=O) groups is 3. The summed E-state index contributed by atoms with van der Waals surface area (Å²) in [5, 5.41) is 0. The molecule has 1 aromatic rings. The molecular weight excluding hydrogens is 220 g/mol. The Kier molecular flexibility index (Phi) is 2.67. The second kappa shape index (κ2) is 4.01. The zero-order valence-electron chi connectivity index (χ0n) is 9.40. The van der Waals surface area contributed by atoms with Crippen LogP contribution >= 0.6 is 0 Å². The number of benzene rings is 1. The number of Topliss-reactive ketones (excluding diaryl/α,β-unsaturated/α-hetero) is 1. The Hall–Kier alpha value is -2.17. The molecule has 17 heavy (non-hydrogen) atoms. The third-order valence-electron chi connectivity index (χ3n) is 2.59. The van der Waals surface area contributed by atoms with E-state index < -0.39 is 5.91 Å². The number of imide groups is 1. The second-order valence-corrected chi connectivity index (χ2v) is 4.07. The van der Waals surface area contributed by atoms with Gasteiger partial charge in [0.25, 0.3) is 0 Å². The van der Waals surface area contributed by atoms with Crippen molar-refractivity contribution in [3.05, 3.63) is 23.8 Å². The summed E-state index contributed by atoms with van der Waals surface area (Å²) in [7, 11) is 0. The van der Waals surface area contributed by atoms with Gasteiger partial charge in [-0.05, 0) is 30.7 Å². The van der Waals surface area contributed by atoms with Gasteiger partial charge in [-0.3, -0.25) is 14.4 Å². The number of nitrogens with zero attached hydrogens (tertiary/aromatic N) is 1. The molecule has 1 aromatic carbocycles. The lowest BCUT2D eigenvalue weighted by molar-refractivity contribution is -0.128. The lowest BCUT2D eigenvalue weighted by Gasteiger charge is -2.14. The molecule has 0 radical (unpaired) electrons. The standard InChI is InChI=1S/C12H12N2O3/c1-7(15)4-11(16)14-10-3-2-9(13)5-8(10)6-12(14)17/h2-3,5H,4,6,13H2,1H3. The highest BCUT2D eigenvalue weighted by atomic mass is 16.2. The van der Waals surface area contributed by atoms with Gasteiger partial charge < -0.3 is 5.73 Å². The number of rotatable bonds is 2. The van der Waals surface area contributed by atoms with Gasteiger partial charge in [-0.15, -0.1) is 0 Å². The number of nitrogen functional groups attached to an aromatic ring is 1. The molecule has 5 heteroatoms. The SMILES string of the molecule is CC(=O)CC(=O)N1C(=O)Cc2cc(N)ccc21. The van der Waals surface area contributed by atoms with Gasteiger partial charge >= 0.3 is 0 Å². The summed E-state index contributed by atoms with van der Waals surface area (Å²) >= 11 is 0. The van der Waals surface area contributed by atoms with Crippen molar-refractivity contribution in [1.29, 1.82) is 0 Å². The fraction of sp³-hybridized carbons (Fsp3) is 0.250. The maximum Gasteiger partial charge on any atom is 0.241 e. The fourth-order valence-electron chi connectivity index (χ4n) is 1.91. The number of hydrogen-bond donors (Lipinski definition) is 1. The molecule has 0 atom stereocenters. The van der Waals surface area contributed by atoms with Gasteiger partial charge in [0.05, 0.1) is 18.5 Å². The number of nitrogens with two attached hydrogens (primary N) is 1. The Labute approximate surface area is 98.2 Å². The Morgan fingerprint density at radius 3 is 2.76 bits per heavy atom. The molecule has 0 saturated carbocycles. The predicted molar refractivity (Wildman–Crippen MR) is 62.3 cm³/mol. The van der Waals surface area contributed by atoms with Crippen molar-refractivity contribution in [3.8, 4) is 0 Å². The highest BCUT2D eigenvalue weighted by Crippen LogP contribution is 2.30. The second-order valence-electron chi connectivity index (χ2n) is 4.07. The molecular formula is C12H12N2O3. The first-order valence-corrected chi connectivity index (χ1v) is 5.22. The van der Waals surface area contributed by atoms with E-state index in [1.54, 1.807) is 18.2 Å². The van der Waals surface area contributed by atoms with Gasteiger partial charge in [0.15, 0.2) is 0 Å². The van der Waals surface area contributed by atoms with Crippen LogP contribution in [0.4, 0.5) is 11.4 Å². The monoisotopic (exact) mass is 232 g/mol. The number of hydrogen-bond acceptors (Lipinski definition) is 4. The number of amides is 2. The van der Waals surface area contributed by atoms with Crippen LogP contribution in [-0.4, -0.2) is 17.6 Å². The fourth-order valence-corrected chi connectivity index (χ4v) is 1.91. The molecule has 0 saturated heterocycles. The summed E-state index contributed by atoms with van der Waals surface area (Å²) < 4.78 is 0. The smallest absolute Gasteiger partial charge is 0.241 e. The van der Waals surface area contributed by atoms with E-state index in [0.29, 0.717) is 11.4 Å². The van der Waals surface area contributed by atoms with Crippen LogP contribution < -0.4 is 10.6 Å². The molecule has 5 nitrogen and oxygen atoms in total. The van der Waals surface area contributed by atoms with E-state index in [2.05, 4.69) is 0 Å². The van der Waals surface area contributed by atoms with Gasteiger partial charge in [-0.1, -0.05) is 0 Å². The van der Waals surface area contributed by atoms with E-state index in [9.17, 15) is 14.4 Å². The van der Waals surface area contributed by atoms with Gasteiger partial charge in [0.1, 0.15) is 5.78 Å². The quantitative estimate of drug-likeness (QED) is 0.600. The highest BCUT2D eigenvalue weighted by Gasteiger charge is 2.32. The van der Waals surface area contributed by atoms with Gasteiger partial charge in [0.2, 0.25) is 11.8 Å². The summed E-state index contributed by atoms with van der Waals surface area (Å²) in [6, 6.07) is 4.94. The lowest BCUT2D eigenvalue weighted by atomic mass is 10.1. The van der Waals surface area contributed by atoms with Crippen molar-refractivity contribution < 1.29 is 14.4 Å². The van der Waals surface area contributed by atoms with Crippen LogP contribution in [0, 0.1) is 0 Å². The van der Waals surface area contributed by atoms with Crippen molar-refractivity contribution in [2.45, 2.75) is 19.8 Å². The molecule has 88 valence electrons. The summed E-state index contributed by atoms with van der Waals surface area (Å²) in [6.07, 6.45) is -0.0976. The minimum Gasteiger partial charge on any atom is -0.399 e. The molecule has 0 aromatic heterocycles. The van der Waals surface area contributed by atoms with E-state index in [1.165, 1.54) is 6.92 Å². The zero-order valence-corrected chi connectivity index (χ0v) is 9.40. The van der Waals surface area contributed by atoms with Crippen LogP contribution in [0.3, 0.4) is 0 Å². The molecule has 1 aliphatic rings. The molecule has 0 bridgehead atoms. The van der Waals surface area contributed by atoms with Gasteiger partial charge in [-0.25, -0.2) is 4.90 Å². The Bertz CT molecular complexity index is 522. The molecule has 2 amide bonds. The summed E-state index contributed by atoms with van der Waals surface area (Å²) in [4.78, 5) is 35.5. The Morgan fingerprint density at radius 1 is 1.41 bits per heavy atom. The van der Waals surface area contributed by atoms with E-state index in [4.69, 9.17) is 5.73 Å². The number of ketones is 1. The first-order chi connectivity index (χ1) is 7.99. The topological polar surface area (TPSA) is 80.5 Å². The van der Waals surface area contributed by atoms with Gasteiger partial charge in [0, 0.05) is 5.69 Å². The van der Waals surface area contributed by atoms with Crippen molar-refractivity contribution >= 4 is 29.0 Å². The zero-order chi connectivity index (χ0) is 12.6. The van der Waals surface area contributed by atoms with Gasteiger partial charge in [-0.2, -0.15) is 0 Å². The average Bonchev–Trinajstić information content (AvgIpc) is 2.51. The molecule has 0 fully saturated rings. The maximum atomic E-state index is 11.8. The molecule has 1 aliphatic heterocycles. The predicted octanol–water partition coefficient (Wildman–Crippen LogP) is 0.664. The number of anilines is 2. The Balaban J connectivity index is 2.35. The van der Waals surface area contributed by atoms with Crippen molar-refractivity contribution in [1.82, 2.24) is 0 Å². The van der Waals surface area contributed by atoms with Crippen molar-refractivity contribution in [3.63, 3.8) is 0 Å². The normalized spacial score (nSPS) is 13.7. The van der Waals surface area contributed by atoms with Crippen LogP contribution in [-0.2, 0) is 20.8 Å². The summed E-state index contributed by atoms with van der Waals surface area (Å²) in [5.74, 6) is -1.05. The molecule has 0 unspecified atom stereocenters. The first kappa shape index (κ1) is 11.3. The van der Waals surface area contributed by atoms with Crippen molar-refractivity contribution in [2.75, 3.05) is 10.6 Å². The molecule has 2 rings (SSSR count). The minimum atomic E-state index is -0.481. The lowest BCUT2D eigenvalue weighted by Crippen LogP contribution is -2.34. The van der Waals surface area contributed by atoms with E-state index in [1.807, 2.05) is 0 Å². The van der Waals surface area contributed by atoms with E-state index in [0.717, 1.165) is 10.5 Å². The molecule has 0 aliphatic carbocycles. The summed E-state index contributed by atoms with van der Waals surface area (Å²) in [5.41, 5.74) is 7.43. The first-order valence-electron chi connectivity index (χ1n) is 5.22. The minimum absolute atomic E-state index is 0.157. The third-order valence-corrected chi connectivity index (χ3v) is 2.59. The molecule has 1 heterocycles. The summed E-state index contributed by atoms with van der Waals surface area (Å²) in [6.45, 7) is 1.32. The number of fused-ring (bicyclic) bond motifs is 1. The van der Waals surface area contributed by atoms with Crippen LogP contribution in [0.1, 0.15) is 18.9 Å². The molecule has 2 N–H and O–H groups in total. The number of carbonyl (C=O) groups excluding carboxylic acids is 3. The average molecular weight is 232 g/mol. The van der Waals surface area contributed by atoms with Crippen molar-refractivity contribution in [2.24, 2.45) is 0 Å². The third kappa shape index (κ3) is 2.04. The highest BCUT2D eigenvalue weighted by molar-refractivity contribution is 6.22. The molecule has 0 spiro atoms. The van der Waals surface area contributed by atoms with Crippen LogP contribution in [0.5, 0.6) is 0 Å². The van der Waals surface area contributed by atoms with Crippen LogP contribution in [0.2, 0.25) is 0 Å². The van der Waals surface area contributed by atoms with Crippen LogP contribution in [0.15, 0.2) is 18.2 Å². The largest absolute Gasteiger partial charge is 0.399 e. The van der Waals surface area contributed by atoms with E-state index in [-0.39, 0.29) is 24.5 Å². The Morgan fingerprint density at radius 2 is 2.12 bits per heavy atom. The van der Waals surface area contributed by atoms with Crippen LogP contribution in [0.25, 0.3) is 0 Å². The maximum absolute atomic E-state index is 11.8.